The van der Waals surface area contributed by atoms with Crippen LogP contribution < -0.4 is 15.2 Å². The van der Waals surface area contributed by atoms with E-state index in [0.29, 0.717) is 43.2 Å². The largest absolute Gasteiger partial charge is 0.486 e. The molecule has 1 aromatic carbocycles. The minimum Gasteiger partial charge on any atom is -0.486 e. The van der Waals surface area contributed by atoms with E-state index in [9.17, 15) is 4.39 Å². The zero-order valence-electron chi connectivity index (χ0n) is 9.47. The van der Waals surface area contributed by atoms with Crippen LogP contribution in [0.1, 0.15) is 18.4 Å². The zero-order valence-corrected chi connectivity index (χ0v) is 10.2. The van der Waals surface area contributed by atoms with Crippen LogP contribution >= 0.6 is 11.6 Å². The van der Waals surface area contributed by atoms with E-state index >= 15 is 0 Å². The van der Waals surface area contributed by atoms with Crippen LogP contribution in [0, 0.1) is 5.82 Å². The molecule has 17 heavy (non-hydrogen) atoms. The lowest BCUT2D eigenvalue weighted by atomic mass is 10.1. The van der Waals surface area contributed by atoms with Crippen molar-refractivity contribution in [2.24, 2.45) is 5.73 Å². The van der Waals surface area contributed by atoms with Crippen LogP contribution in [0.3, 0.4) is 0 Å². The maximum Gasteiger partial charge on any atom is 0.182 e. The van der Waals surface area contributed by atoms with Crippen molar-refractivity contribution in [3.05, 3.63) is 22.5 Å². The molecule has 5 heteroatoms. The maximum absolute atomic E-state index is 13.9. The van der Waals surface area contributed by atoms with Crippen LogP contribution in [0.25, 0.3) is 0 Å². The van der Waals surface area contributed by atoms with Crippen LogP contribution in [0.15, 0.2) is 6.07 Å². The van der Waals surface area contributed by atoms with Gasteiger partial charge in [0, 0.05) is 0 Å². The zero-order chi connectivity index (χ0) is 12.3. The first-order chi connectivity index (χ1) is 8.24. The summed E-state index contributed by atoms with van der Waals surface area (Å²) in [5.41, 5.74) is 5.97. The fourth-order valence-electron chi connectivity index (χ4n) is 1.81. The first-order valence-corrected chi connectivity index (χ1v) is 6.08. The lowest BCUT2D eigenvalue weighted by Crippen LogP contribution is -2.16. The molecule has 0 radical (unpaired) electrons. The topological polar surface area (TPSA) is 44.5 Å². The summed E-state index contributed by atoms with van der Waals surface area (Å²) in [6.45, 7) is 1.48. The SMILES string of the molecule is NCCCCc1cc2c(c(Cl)c1F)OCCO2. The van der Waals surface area contributed by atoms with E-state index < -0.39 is 5.82 Å². The third kappa shape index (κ3) is 2.64. The van der Waals surface area contributed by atoms with E-state index in [2.05, 4.69) is 0 Å². The van der Waals surface area contributed by atoms with Crippen molar-refractivity contribution in [2.45, 2.75) is 19.3 Å². The van der Waals surface area contributed by atoms with Crippen molar-refractivity contribution in [3.63, 3.8) is 0 Å². The Bertz CT molecular complexity index is 412. The van der Waals surface area contributed by atoms with Gasteiger partial charge < -0.3 is 15.2 Å². The molecular formula is C12H15ClFNO2. The number of ether oxygens (including phenoxy) is 2. The molecular weight excluding hydrogens is 245 g/mol. The number of rotatable bonds is 4. The molecule has 0 fully saturated rings. The molecule has 0 unspecified atom stereocenters. The second-order valence-corrected chi connectivity index (χ2v) is 4.31. The first kappa shape index (κ1) is 12.5. The lowest BCUT2D eigenvalue weighted by molar-refractivity contribution is 0.170. The van der Waals surface area contributed by atoms with Crippen molar-refractivity contribution in [2.75, 3.05) is 19.8 Å². The van der Waals surface area contributed by atoms with E-state index in [1.54, 1.807) is 6.07 Å². The number of unbranched alkanes of at least 4 members (excludes halogenated alkanes) is 1. The van der Waals surface area contributed by atoms with Crippen LogP contribution in [0.4, 0.5) is 4.39 Å². The minimum atomic E-state index is -0.409. The van der Waals surface area contributed by atoms with Gasteiger partial charge in [0.15, 0.2) is 11.5 Å². The van der Waals surface area contributed by atoms with E-state index in [1.807, 2.05) is 0 Å². The molecule has 1 aliphatic heterocycles. The Morgan fingerprint density at radius 3 is 2.82 bits per heavy atom. The van der Waals surface area contributed by atoms with E-state index in [0.717, 1.165) is 12.8 Å². The van der Waals surface area contributed by atoms with Gasteiger partial charge in [0.25, 0.3) is 0 Å². The molecule has 0 aromatic heterocycles. The van der Waals surface area contributed by atoms with Crippen LogP contribution in [-0.4, -0.2) is 19.8 Å². The molecule has 3 nitrogen and oxygen atoms in total. The van der Waals surface area contributed by atoms with Gasteiger partial charge in [0.2, 0.25) is 0 Å². The van der Waals surface area contributed by atoms with Crippen molar-refractivity contribution in [1.29, 1.82) is 0 Å². The molecule has 94 valence electrons. The predicted molar refractivity (Wildman–Crippen MR) is 64.4 cm³/mol. The monoisotopic (exact) mass is 259 g/mol. The molecule has 0 atom stereocenters. The van der Waals surface area contributed by atoms with Crippen LogP contribution in [0.2, 0.25) is 5.02 Å². The number of halogens is 2. The second-order valence-electron chi connectivity index (χ2n) is 3.93. The number of fused-ring (bicyclic) bond motifs is 1. The predicted octanol–water partition coefficient (Wildman–Crippen LogP) is 2.53. The molecule has 0 saturated heterocycles. The molecule has 0 bridgehead atoms. The van der Waals surface area contributed by atoms with E-state index in [1.165, 1.54) is 0 Å². The smallest absolute Gasteiger partial charge is 0.182 e. The first-order valence-electron chi connectivity index (χ1n) is 5.70. The van der Waals surface area contributed by atoms with Crippen molar-refractivity contribution < 1.29 is 13.9 Å². The summed E-state index contributed by atoms with van der Waals surface area (Å²) >= 11 is 5.92. The number of nitrogens with two attached hydrogens (primary N) is 1. The molecule has 0 amide bonds. The Morgan fingerprint density at radius 2 is 2.06 bits per heavy atom. The second kappa shape index (κ2) is 5.56. The molecule has 2 rings (SSSR count). The Morgan fingerprint density at radius 1 is 1.29 bits per heavy atom. The summed E-state index contributed by atoms with van der Waals surface area (Å²) in [6.07, 6.45) is 2.31. The number of aryl methyl sites for hydroxylation is 1. The Kier molecular flexibility index (Phi) is 4.07. The molecule has 1 heterocycles. The fraction of sp³-hybridized carbons (Fsp3) is 0.500. The highest BCUT2D eigenvalue weighted by Gasteiger charge is 2.21. The Hall–Kier alpha value is -1.00. The highest BCUT2D eigenvalue weighted by Crippen LogP contribution is 2.40. The van der Waals surface area contributed by atoms with Crippen molar-refractivity contribution in [3.8, 4) is 11.5 Å². The number of hydrogen-bond donors (Lipinski definition) is 1. The average Bonchev–Trinajstić information content (AvgIpc) is 2.35. The lowest BCUT2D eigenvalue weighted by Gasteiger charge is -2.21. The number of hydrogen-bond acceptors (Lipinski definition) is 3. The molecule has 1 aromatic rings. The standard InChI is InChI=1S/C12H15ClFNO2/c13-10-11(14)8(3-1-2-4-15)7-9-12(10)17-6-5-16-9/h7H,1-6,15H2. The summed E-state index contributed by atoms with van der Waals surface area (Å²) < 4.78 is 24.6. The Labute approximate surface area is 105 Å². The van der Waals surface area contributed by atoms with E-state index in [-0.39, 0.29) is 5.02 Å². The summed E-state index contributed by atoms with van der Waals surface area (Å²) in [4.78, 5) is 0. The third-order valence-corrected chi connectivity index (χ3v) is 3.03. The highest BCUT2D eigenvalue weighted by atomic mass is 35.5. The number of benzene rings is 1. The average molecular weight is 260 g/mol. The molecule has 0 aliphatic carbocycles. The minimum absolute atomic E-state index is 0.0185. The van der Waals surface area contributed by atoms with Gasteiger partial charge in [-0.1, -0.05) is 11.6 Å². The van der Waals surface area contributed by atoms with Gasteiger partial charge in [0.1, 0.15) is 24.1 Å². The summed E-state index contributed by atoms with van der Waals surface area (Å²) in [6, 6.07) is 1.67. The van der Waals surface area contributed by atoms with Gasteiger partial charge in [-0.3, -0.25) is 0 Å². The maximum atomic E-state index is 13.9. The van der Waals surface area contributed by atoms with E-state index in [4.69, 9.17) is 26.8 Å². The Balaban J connectivity index is 2.24. The van der Waals surface area contributed by atoms with Crippen LogP contribution in [-0.2, 0) is 6.42 Å². The summed E-state index contributed by atoms with van der Waals surface area (Å²) in [5, 5.41) is 0.0185. The summed E-state index contributed by atoms with van der Waals surface area (Å²) in [5.74, 6) is 0.441. The summed E-state index contributed by atoms with van der Waals surface area (Å²) in [7, 11) is 0. The van der Waals surface area contributed by atoms with Gasteiger partial charge in [0.05, 0.1) is 0 Å². The van der Waals surface area contributed by atoms with Gasteiger partial charge in [-0.15, -0.1) is 0 Å². The fourth-order valence-corrected chi connectivity index (χ4v) is 2.08. The molecule has 0 saturated carbocycles. The van der Waals surface area contributed by atoms with Crippen molar-refractivity contribution >= 4 is 11.6 Å². The van der Waals surface area contributed by atoms with Crippen LogP contribution in [0.5, 0.6) is 11.5 Å². The van der Waals surface area contributed by atoms with Gasteiger partial charge in [-0.05, 0) is 37.4 Å². The highest BCUT2D eigenvalue weighted by molar-refractivity contribution is 6.32. The molecule has 2 N–H and O–H groups in total. The molecule has 1 aliphatic rings. The quantitative estimate of drug-likeness (QED) is 0.845. The van der Waals surface area contributed by atoms with Gasteiger partial charge in [-0.2, -0.15) is 0 Å². The van der Waals surface area contributed by atoms with Crippen molar-refractivity contribution in [1.82, 2.24) is 0 Å². The van der Waals surface area contributed by atoms with Gasteiger partial charge >= 0.3 is 0 Å². The normalized spacial score (nSPS) is 13.8. The van der Waals surface area contributed by atoms with Gasteiger partial charge in [-0.25, -0.2) is 4.39 Å². The molecule has 0 spiro atoms. The third-order valence-electron chi connectivity index (χ3n) is 2.69.